The lowest BCUT2D eigenvalue weighted by Crippen LogP contribution is -2.35. The molecule has 0 spiro atoms. The molecule has 0 amide bonds. The Balaban J connectivity index is 0.00000441. The van der Waals surface area contributed by atoms with Crippen molar-refractivity contribution in [2.24, 2.45) is 0 Å². The van der Waals surface area contributed by atoms with Crippen molar-refractivity contribution in [3.63, 3.8) is 0 Å². The number of benzene rings is 1. The number of aliphatic hydroxyl groups is 1. The second-order valence-electron chi connectivity index (χ2n) is 5.06. The predicted octanol–water partition coefficient (Wildman–Crippen LogP) is 1.45. The molecule has 0 aromatic heterocycles. The average Bonchev–Trinajstić information content (AvgIpc) is 2.44. The number of hydrogen-bond donors (Lipinski definition) is 3. The lowest BCUT2D eigenvalue weighted by Gasteiger charge is -2.15. The number of carboxylic acids is 1. The van der Waals surface area contributed by atoms with E-state index in [1.807, 2.05) is 13.8 Å². The zero-order valence-corrected chi connectivity index (χ0v) is 13.6. The number of carboxylic acid groups (broad SMARTS) is 1. The molecule has 1 rings (SSSR count). The van der Waals surface area contributed by atoms with Crippen LogP contribution in [-0.4, -0.2) is 48.1 Å². The molecule has 0 heterocycles. The minimum absolute atomic E-state index is 0. The summed E-state index contributed by atoms with van der Waals surface area (Å²) in [5, 5.41) is 21.3. The van der Waals surface area contributed by atoms with Gasteiger partial charge in [0.25, 0.3) is 0 Å². The predicted molar refractivity (Wildman–Crippen MR) is 85.6 cm³/mol. The second-order valence-corrected chi connectivity index (χ2v) is 5.06. The van der Waals surface area contributed by atoms with E-state index in [4.69, 9.17) is 14.6 Å². The van der Waals surface area contributed by atoms with E-state index in [9.17, 15) is 9.90 Å². The van der Waals surface area contributed by atoms with Crippen LogP contribution in [0.25, 0.3) is 0 Å². The van der Waals surface area contributed by atoms with Crippen molar-refractivity contribution >= 4 is 18.4 Å². The van der Waals surface area contributed by atoms with Gasteiger partial charge >= 0.3 is 5.97 Å². The lowest BCUT2D eigenvalue weighted by atomic mass is 10.2. The highest BCUT2D eigenvalue weighted by molar-refractivity contribution is 5.85. The van der Waals surface area contributed by atoms with E-state index >= 15 is 0 Å². The van der Waals surface area contributed by atoms with Crippen LogP contribution in [0, 0.1) is 0 Å². The van der Waals surface area contributed by atoms with Gasteiger partial charge in [-0.2, -0.15) is 0 Å². The van der Waals surface area contributed by atoms with E-state index in [-0.39, 0.29) is 32.2 Å². The van der Waals surface area contributed by atoms with Crippen LogP contribution in [0.4, 0.5) is 0 Å². The summed E-state index contributed by atoms with van der Waals surface area (Å²) in [6.07, 6.45) is -0.564. The normalized spacial score (nSPS) is 11.8. The molecule has 22 heavy (non-hydrogen) atoms. The minimum atomic E-state index is -0.987. The van der Waals surface area contributed by atoms with Crippen LogP contribution in [0.15, 0.2) is 24.3 Å². The van der Waals surface area contributed by atoms with Crippen LogP contribution >= 0.6 is 12.4 Å². The smallest absolute Gasteiger partial charge is 0.329 e. The Labute approximate surface area is 136 Å². The third-order valence-corrected chi connectivity index (χ3v) is 2.62. The van der Waals surface area contributed by atoms with E-state index in [1.165, 1.54) is 0 Å². The van der Waals surface area contributed by atoms with Gasteiger partial charge in [-0.3, -0.25) is 0 Å². The third kappa shape index (κ3) is 9.57. The molecular weight excluding hydrogens is 310 g/mol. The topological polar surface area (TPSA) is 88.0 Å². The molecule has 0 fully saturated rings. The summed E-state index contributed by atoms with van der Waals surface area (Å²) < 4.78 is 10.5. The van der Waals surface area contributed by atoms with Gasteiger partial charge in [0.05, 0.1) is 6.61 Å². The van der Waals surface area contributed by atoms with Crippen LogP contribution in [0.5, 0.6) is 5.75 Å². The molecule has 126 valence electrons. The number of carbonyl (C=O) groups is 1. The molecule has 0 radical (unpaired) electrons. The zero-order chi connectivity index (χ0) is 15.7. The number of rotatable bonds is 10. The summed E-state index contributed by atoms with van der Waals surface area (Å²) >= 11 is 0. The van der Waals surface area contributed by atoms with Gasteiger partial charge in [-0.05, 0) is 17.7 Å². The second kappa shape index (κ2) is 11.3. The summed E-state index contributed by atoms with van der Waals surface area (Å²) in [4.78, 5) is 10.3. The van der Waals surface area contributed by atoms with E-state index in [0.717, 1.165) is 5.56 Å². The summed E-state index contributed by atoms with van der Waals surface area (Å²) in [5.74, 6) is -0.334. The first-order chi connectivity index (χ1) is 9.97. The Hall–Kier alpha value is -1.34. The fourth-order valence-corrected chi connectivity index (χ4v) is 1.56. The SMILES string of the molecule is CC(C)NCC(O)COc1ccc(COCC(=O)O)cc1.Cl. The maximum absolute atomic E-state index is 10.3. The maximum atomic E-state index is 10.3. The Bertz CT molecular complexity index is 424. The molecule has 6 nitrogen and oxygen atoms in total. The molecule has 0 saturated carbocycles. The fraction of sp³-hybridized carbons (Fsp3) is 0.533. The van der Waals surface area contributed by atoms with Gasteiger partial charge in [-0.15, -0.1) is 12.4 Å². The fourth-order valence-electron chi connectivity index (χ4n) is 1.56. The average molecular weight is 334 g/mol. The summed E-state index contributed by atoms with van der Waals surface area (Å²) in [7, 11) is 0. The molecule has 0 aliphatic heterocycles. The summed E-state index contributed by atoms with van der Waals surface area (Å²) in [5.41, 5.74) is 0.866. The molecule has 0 saturated heterocycles. The molecule has 7 heteroatoms. The number of aliphatic hydroxyl groups excluding tert-OH is 1. The van der Waals surface area contributed by atoms with E-state index < -0.39 is 12.1 Å². The highest BCUT2D eigenvalue weighted by atomic mass is 35.5. The monoisotopic (exact) mass is 333 g/mol. The van der Waals surface area contributed by atoms with Gasteiger partial charge in [-0.25, -0.2) is 4.79 Å². The van der Waals surface area contributed by atoms with E-state index in [0.29, 0.717) is 18.3 Å². The van der Waals surface area contributed by atoms with Crippen molar-refractivity contribution in [3.8, 4) is 5.75 Å². The van der Waals surface area contributed by atoms with Crippen LogP contribution in [0.2, 0.25) is 0 Å². The van der Waals surface area contributed by atoms with Crippen molar-refractivity contribution in [1.82, 2.24) is 5.32 Å². The summed E-state index contributed by atoms with van der Waals surface area (Å²) in [6, 6.07) is 7.46. The highest BCUT2D eigenvalue weighted by Crippen LogP contribution is 2.13. The summed E-state index contributed by atoms with van der Waals surface area (Å²) in [6.45, 7) is 4.66. The molecule has 0 bridgehead atoms. The molecule has 0 aliphatic rings. The number of hydrogen-bond acceptors (Lipinski definition) is 5. The zero-order valence-electron chi connectivity index (χ0n) is 12.8. The third-order valence-electron chi connectivity index (χ3n) is 2.62. The molecule has 1 atom stereocenters. The van der Waals surface area contributed by atoms with Gasteiger partial charge in [0.2, 0.25) is 0 Å². The van der Waals surface area contributed by atoms with Crippen molar-refractivity contribution in [2.75, 3.05) is 19.8 Å². The maximum Gasteiger partial charge on any atom is 0.329 e. The van der Waals surface area contributed by atoms with Crippen LogP contribution < -0.4 is 10.1 Å². The van der Waals surface area contributed by atoms with Crippen molar-refractivity contribution in [1.29, 1.82) is 0 Å². The standard InChI is InChI=1S/C15H23NO5.ClH/c1-11(2)16-7-13(17)9-21-14-5-3-12(4-6-14)8-20-10-15(18)19;/h3-6,11,13,16-17H,7-10H2,1-2H3,(H,18,19);1H. The van der Waals surface area contributed by atoms with Crippen LogP contribution in [-0.2, 0) is 16.1 Å². The van der Waals surface area contributed by atoms with Gasteiger partial charge in [0.15, 0.2) is 0 Å². The highest BCUT2D eigenvalue weighted by Gasteiger charge is 2.06. The van der Waals surface area contributed by atoms with Crippen LogP contribution in [0.3, 0.4) is 0 Å². The Morgan fingerprint density at radius 2 is 1.91 bits per heavy atom. The first kappa shape index (κ1) is 20.7. The van der Waals surface area contributed by atoms with Crippen molar-refractivity contribution in [3.05, 3.63) is 29.8 Å². The largest absolute Gasteiger partial charge is 0.491 e. The van der Waals surface area contributed by atoms with Gasteiger partial charge in [-0.1, -0.05) is 26.0 Å². The van der Waals surface area contributed by atoms with Crippen molar-refractivity contribution in [2.45, 2.75) is 32.6 Å². The first-order valence-corrected chi connectivity index (χ1v) is 6.90. The first-order valence-electron chi connectivity index (χ1n) is 6.90. The van der Waals surface area contributed by atoms with Gasteiger partial charge in [0.1, 0.15) is 25.1 Å². The number of ether oxygens (including phenoxy) is 2. The minimum Gasteiger partial charge on any atom is -0.491 e. The molecule has 1 aromatic carbocycles. The Morgan fingerprint density at radius 1 is 1.27 bits per heavy atom. The van der Waals surface area contributed by atoms with Crippen LogP contribution in [0.1, 0.15) is 19.4 Å². The molecule has 3 N–H and O–H groups in total. The Morgan fingerprint density at radius 3 is 2.45 bits per heavy atom. The number of halogens is 1. The number of aliphatic carboxylic acids is 1. The number of nitrogens with one attached hydrogen (secondary N) is 1. The van der Waals surface area contributed by atoms with Gasteiger partial charge in [0, 0.05) is 12.6 Å². The Kier molecular flexibility index (Phi) is 10.6. The molecule has 1 unspecified atom stereocenters. The van der Waals surface area contributed by atoms with E-state index in [2.05, 4.69) is 5.32 Å². The molecule has 1 aromatic rings. The van der Waals surface area contributed by atoms with E-state index in [1.54, 1.807) is 24.3 Å². The quantitative estimate of drug-likeness (QED) is 0.600. The molecule has 0 aliphatic carbocycles. The van der Waals surface area contributed by atoms with Crippen molar-refractivity contribution < 1.29 is 24.5 Å². The lowest BCUT2D eigenvalue weighted by molar-refractivity contribution is -0.142. The molecular formula is C15H24ClNO5. The van der Waals surface area contributed by atoms with Gasteiger partial charge < -0.3 is 25.0 Å².